The van der Waals surface area contributed by atoms with Gasteiger partial charge in [-0.2, -0.15) is 4.98 Å². The molecule has 1 aliphatic carbocycles. The highest BCUT2D eigenvalue weighted by Crippen LogP contribution is 2.19. The Morgan fingerprint density at radius 3 is 2.89 bits per heavy atom. The molecular formula is C11H18N6O. The Kier molecular flexibility index (Phi) is 3.61. The number of hydrazine groups is 1. The van der Waals surface area contributed by atoms with Gasteiger partial charge >= 0.3 is 0 Å². The van der Waals surface area contributed by atoms with Gasteiger partial charge in [0.15, 0.2) is 0 Å². The molecule has 1 fully saturated rings. The van der Waals surface area contributed by atoms with Gasteiger partial charge < -0.3 is 10.6 Å². The number of carbonyl (C=O) groups excluding carboxylic acids is 1. The zero-order valence-corrected chi connectivity index (χ0v) is 10.5. The molecule has 0 saturated heterocycles. The first-order valence-corrected chi connectivity index (χ1v) is 5.97. The summed E-state index contributed by atoms with van der Waals surface area (Å²) in [7, 11) is 0. The lowest BCUT2D eigenvalue weighted by molar-refractivity contribution is -0.121. The number of nitrogens with zero attached hydrogens (tertiary/aromatic N) is 2. The molecule has 0 spiro atoms. The van der Waals surface area contributed by atoms with E-state index in [4.69, 9.17) is 5.84 Å². The van der Waals surface area contributed by atoms with Gasteiger partial charge in [-0.3, -0.25) is 10.2 Å². The molecule has 0 aliphatic heterocycles. The van der Waals surface area contributed by atoms with E-state index in [1.54, 1.807) is 13.1 Å². The molecule has 1 aliphatic rings. The molecule has 1 amide bonds. The molecule has 0 bridgehead atoms. The van der Waals surface area contributed by atoms with Gasteiger partial charge in [0.05, 0.1) is 0 Å². The van der Waals surface area contributed by atoms with E-state index in [1.165, 1.54) is 0 Å². The summed E-state index contributed by atoms with van der Waals surface area (Å²) >= 11 is 0. The van der Waals surface area contributed by atoms with E-state index < -0.39 is 0 Å². The number of aryl methyl sites for hydroxylation is 1. The number of nitrogen functional groups attached to an aromatic ring is 1. The SMILES string of the molecule is Cc1cnc(NN)nc1NC(C)C(=O)NC1CC1. The molecule has 7 nitrogen and oxygen atoms in total. The lowest BCUT2D eigenvalue weighted by atomic mass is 10.2. The maximum absolute atomic E-state index is 11.8. The monoisotopic (exact) mass is 250 g/mol. The number of rotatable bonds is 5. The Bertz CT molecular complexity index is 445. The second kappa shape index (κ2) is 5.18. The van der Waals surface area contributed by atoms with Crippen LogP contribution in [0.3, 0.4) is 0 Å². The van der Waals surface area contributed by atoms with E-state index in [1.807, 2.05) is 6.92 Å². The second-order valence-corrected chi connectivity index (χ2v) is 4.52. The number of aromatic nitrogens is 2. The van der Waals surface area contributed by atoms with Crippen molar-refractivity contribution >= 4 is 17.7 Å². The van der Waals surface area contributed by atoms with Crippen molar-refractivity contribution in [3.8, 4) is 0 Å². The summed E-state index contributed by atoms with van der Waals surface area (Å²) < 4.78 is 0. The molecule has 1 atom stereocenters. The maximum Gasteiger partial charge on any atom is 0.242 e. The van der Waals surface area contributed by atoms with Crippen LogP contribution in [0.25, 0.3) is 0 Å². The van der Waals surface area contributed by atoms with Crippen LogP contribution in [0, 0.1) is 6.92 Å². The van der Waals surface area contributed by atoms with Gasteiger partial charge in [-0.1, -0.05) is 0 Å². The van der Waals surface area contributed by atoms with E-state index in [2.05, 4.69) is 26.0 Å². The molecule has 1 heterocycles. The predicted molar refractivity (Wildman–Crippen MR) is 68.8 cm³/mol. The summed E-state index contributed by atoms with van der Waals surface area (Å²) in [5.41, 5.74) is 3.24. The zero-order chi connectivity index (χ0) is 13.1. The van der Waals surface area contributed by atoms with Crippen molar-refractivity contribution in [1.82, 2.24) is 15.3 Å². The Balaban J connectivity index is 2.00. The van der Waals surface area contributed by atoms with Crippen molar-refractivity contribution < 1.29 is 4.79 Å². The summed E-state index contributed by atoms with van der Waals surface area (Å²) in [6.45, 7) is 3.67. The average Bonchev–Trinajstić information content (AvgIpc) is 3.15. The Morgan fingerprint density at radius 2 is 2.28 bits per heavy atom. The number of hydrogen-bond acceptors (Lipinski definition) is 6. The Hall–Kier alpha value is -1.89. The van der Waals surface area contributed by atoms with Crippen LogP contribution in [0.15, 0.2) is 6.20 Å². The van der Waals surface area contributed by atoms with E-state index in [9.17, 15) is 4.79 Å². The summed E-state index contributed by atoms with van der Waals surface area (Å²) in [6, 6.07) is 0.0133. The summed E-state index contributed by atoms with van der Waals surface area (Å²) in [5.74, 6) is 6.16. The van der Waals surface area contributed by atoms with Gasteiger partial charge in [0.25, 0.3) is 0 Å². The number of hydrogen-bond donors (Lipinski definition) is 4. The smallest absolute Gasteiger partial charge is 0.242 e. The summed E-state index contributed by atoms with van der Waals surface area (Å²) in [6.07, 6.45) is 3.80. The molecule has 18 heavy (non-hydrogen) atoms. The highest BCUT2D eigenvalue weighted by Gasteiger charge is 2.25. The van der Waals surface area contributed by atoms with Crippen molar-refractivity contribution in [2.75, 3.05) is 10.7 Å². The van der Waals surface area contributed by atoms with Crippen LogP contribution in [0.5, 0.6) is 0 Å². The van der Waals surface area contributed by atoms with Crippen LogP contribution >= 0.6 is 0 Å². The standard InChI is InChI=1S/C11H18N6O/c1-6-5-13-11(17-12)16-9(6)14-7(2)10(18)15-8-3-4-8/h5,7-8H,3-4,12H2,1-2H3,(H,15,18)(H2,13,14,16,17). The number of anilines is 2. The molecule has 0 aromatic carbocycles. The van der Waals surface area contributed by atoms with Gasteiger partial charge in [-0.05, 0) is 26.7 Å². The minimum absolute atomic E-state index is 0.0160. The van der Waals surface area contributed by atoms with Gasteiger partial charge in [0.2, 0.25) is 11.9 Å². The van der Waals surface area contributed by atoms with E-state index in [0.29, 0.717) is 17.8 Å². The van der Waals surface area contributed by atoms with Crippen LogP contribution in [-0.2, 0) is 4.79 Å². The molecule has 7 heteroatoms. The fourth-order valence-electron chi connectivity index (χ4n) is 1.48. The summed E-state index contributed by atoms with van der Waals surface area (Å²) in [5, 5.41) is 6.00. The quantitative estimate of drug-likeness (QED) is 0.438. The number of carbonyl (C=O) groups is 1. The van der Waals surface area contributed by atoms with Crippen molar-refractivity contribution in [1.29, 1.82) is 0 Å². The van der Waals surface area contributed by atoms with Crippen molar-refractivity contribution in [2.45, 2.75) is 38.8 Å². The molecule has 5 N–H and O–H groups in total. The van der Waals surface area contributed by atoms with Gasteiger partial charge in [-0.25, -0.2) is 10.8 Å². The molecule has 98 valence electrons. The van der Waals surface area contributed by atoms with Crippen molar-refractivity contribution in [3.05, 3.63) is 11.8 Å². The first-order chi connectivity index (χ1) is 8.60. The molecule has 1 aromatic heterocycles. The van der Waals surface area contributed by atoms with Gasteiger partial charge in [0.1, 0.15) is 11.9 Å². The van der Waals surface area contributed by atoms with E-state index >= 15 is 0 Å². The molecule has 1 unspecified atom stereocenters. The molecule has 1 saturated carbocycles. The topological polar surface area (TPSA) is 105 Å². The van der Waals surface area contributed by atoms with Crippen LogP contribution in [0.4, 0.5) is 11.8 Å². The maximum atomic E-state index is 11.8. The number of nitrogens with two attached hydrogens (primary N) is 1. The van der Waals surface area contributed by atoms with Crippen molar-refractivity contribution in [2.24, 2.45) is 5.84 Å². The Labute approximate surface area is 106 Å². The highest BCUT2D eigenvalue weighted by atomic mass is 16.2. The third-order valence-electron chi connectivity index (χ3n) is 2.77. The van der Waals surface area contributed by atoms with Gasteiger partial charge in [-0.15, -0.1) is 0 Å². The average molecular weight is 250 g/mol. The fraction of sp³-hybridized carbons (Fsp3) is 0.545. The van der Waals surface area contributed by atoms with Crippen LogP contribution in [-0.4, -0.2) is 28.0 Å². The van der Waals surface area contributed by atoms with Crippen molar-refractivity contribution in [3.63, 3.8) is 0 Å². The molecule has 2 rings (SSSR count). The fourth-order valence-corrected chi connectivity index (χ4v) is 1.48. The van der Waals surface area contributed by atoms with E-state index in [-0.39, 0.29) is 11.9 Å². The van der Waals surface area contributed by atoms with Crippen LogP contribution < -0.4 is 21.9 Å². The molecule has 1 aromatic rings. The highest BCUT2D eigenvalue weighted by molar-refractivity contribution is 5.84. The number of amides is 1. The third kappa shape index (κ3) is 3.07. The largest absolute Gasteiger partial charge is 0.358 e. The minimum atomic E-state index is -0.343. The first-order valence-electron chi connectivity index (χ1n) is 5.97. The van der Waals surface area contributed by atoms with Crippen LogP contribution in [0.1, 0.15) is 25.3 Å². The Morgan fingerprint density at radius 1 is 1.56 bits per heavy atom. The lowest BCUT2D eigenvalue weighted by Gasteiger charge is -2.16. The lowest BCUT2D eigenvalue weighted by Crippen LogP contribution is -2.39. The van der Waals surface area contributed by atoms with E-state index in [0.717, 1.165) is 18.4 Å². The minimum Gasteiger partial charge on any atom is -0.358 e. The second-order valence-electron chi connectivity index (χ2n) is 4.52. The zero-order valence-electron chi connectivity index (χ0n) is 10.5. The van der Waals surface area contributed by atoms with Gasteiger partial charge in [0, 0.05) is 17.8 Å². The summed E-state index contributed by atoms with van der Waals surface area (Å²) in [4.78, 5) is 20.0. The molecule has 0 radical (unpaired) electrons. The predicted octanol–water partition coefficient (Wildman–Crippen LogP) is 0.150. The first kappa shape index (κ1) is 12.6. The number of nitrogens with one attached hydrogen (secondary N) is 3. The molecular weight excluding hydrogens is 232 g/mol. The normalized spacial score (nSPS) is 15.9. The van der Waals surface area contributed by atoms with Crippen LogP contribution in [0.2, 0.25) is 0 Å². The third-order valence-corrected chi connectivity index (χ3v) is 2.77.